The first kappa shape index (κ1) is 21.4. The van der Waals surface area contributed by atoms with Gasteiger partial charge in [0.05, 0.1) is 18.1 Å². The van der Waals surface area contributed by atoms with Crippen LogP contribution in [0.25, 0.3) is 10.2 Å². The average molecular weight is 458 g/mol. The second-order valence-corrected chi connectivity index (χ2v) is 9.64. The highest BCUT2D eigenvalue weighted by Gasteiger charge is 2.22. The van der Waals surface area contributed by atoms with Crippen molar-refractivity contribution in [2.24, 2.45) is 5.10 Å². The van der Waals surface area contributed by atoms with E-state index in [2.05, 4.69) is 15.4 Å². The van der Waals surface area contributed by atoms with E-state index in [0.29, 0.717) is 12.5 Å². The SMILES string of the molecule is CN(C)c1ccc(/C=N\Nc2nc3sc4c(c3c(=O)n2Cc2ccccc2)CCCC4)cc1. The van der Waals surface area contributed by atoms with E-state index in [1.807, 2.05) is 68.7 Å². The predicted octanol–water partition coefficient (Wildman–Crippen LogP) is 4.90. The highest BCUT2D eigenvalue weighted by molar-refractivity contribution is 7.18. The van der Waals surface area contributed by atoms with Gasteiger partial charge >= 0.3 is 0 Å². The summed E-state index contributed by atoms with van der Waals surface area (Å²) in [5, 5.41) is 5.20. The molecule has 2 heterocycles. The molecular weight excluding hydrogens is 430 g/mol. The number of aryl methyl sites for hydroxylation is 2. The minimum absolute atomic E-state index is 0.0105. The Balaban J connectivity index is 1.52. The van der Waals surface area contributed by atoms with Crippen molar-refractivity contribution in [3.05, 3.63) is 86.5 Å². The van der Waals surface area contributed by atoms with Gasteiger partial charge in [-0.2, -0.15) is 5.10 Å². The van der Waals surface area contributed by atoms with E-state index in [0.717, 1.165) is 46.3 Å². The van der Waals surface area contributed by atoms with Gasteiger partial charge in [-0.3, -0.25) is 9.36 Å². The van der Waals surface area contributed by atoms with E-state index in [1.54, 1.807) is 22.1 Å². The topological polar surface area (TPSA) is 62.5 Å². The number of aromatic nitrogens is 2. The maximum atomic E-state index is 13.7. The molecular formula is C26H27N5OS. The summed E-state index contributed by atoms with van der Waals surface area (Å²) in [5.41, 5.74) is 7.42. The van der Waals surface area contributed by atoms with Gasteiger partial charge in [0, 0.05) is 24.7 Å². The summed E-state index contributed by atoms with van der Waals surface area (Å²) in [6.07, 6.45) is 6.07. The average Bonchev–Trinajstić information content (AvgIpc) is 3.21. The van der Waals surface area contributed by atoms with Crippen LogP contribution in [0, 0.1) is 0 Å². The lowest BCUT2D eigenvalue weighted by Crippen LogP contribution is -2.25. The van der Waals surface area contributed by atoms with E-state index >= 15 is 0 Å². The van der Waals surface area contributed by atoms with Crippen molar-refractivity contribution < 1.29 is 0 Å². The van der Waals surface area contributed by atoms with Crippen molar-refractivity contribution in [1.82, 2.24) is 9.55 Å². The van der Waals surface area contributed by atoms with Crippen LogP contribution in [0.5, 0.6) is 0 Å². The lowest BCUT2D eigenvalue weighted by molar-refractivity contribution is 0.698. The molecule has 2 aromatic heterocycles. The molecule has 5 rings (SSSR count). The fourth-order valence-electron chi connectivity index (χ4n) is 4.26. The molecule has 1 aliphatic rings. The third-order valence-electron chi connectivity index (χ3n) is 6.05. The molecule has 0 amide bonds. The molecule has 1 N–H and O–H groups in total. The van der Waals surface area contributed by atoms with Crippen molar-refractivity contribution in [2.45, 2.75) is 32.2 Å². The number of anilines is 2. The van der Waals surface area contributed by atoms with Gasteiger partial charge in [0.1, 0.15) is 4.83 Å². The second-order valence-electron chi connectivity index (χ2n) is 8.56. The summed E-state index contributed by atoms with van der Waals surface area (Å²) in [5.74, 6) is 0.469. The molecule has 33 heavy (non-hydrogen) atoms. The minimum atomic E-state index is 0.0105. The maximum Gasteiger partial charge on any atom is 0.264 e. The van der Waals surface area contributed by atoms with E-state index in [-0.39, 0.29) is 5.56 Å². The van der Waals surface area contributed by atoms with Crippen LogP contribution in [-0.4, -0.2) is 29.9 Å². The number of fused-ring (bicyclic) bond motifs is 3. The number of hydrazone groups is 1. The van der Waals surface area contributed by atoms with Gasteiger partial charge in [-0.25, -0.2) is 10.4 Å². The zero-order valence-electron chi connectivity index (χ0n) is 18.9. The second kappa shape index (κ2) is 9.19. The fourth-order valence-corrected chi connectivity index (χ4v) is 5.51. The number of hydrogen-bond acceptors (Lipinski definition) is 6. The first-order valence-electron chi connectivity index (χ1n) is 11.3. The van der Waals surface area contributed by atoms with Gasteiger partial charge < -0.3 is 4.90 Å². The molecule has 0 saturated heterocycles. The Morgan fingerprint density at radius 2 is 1.85 bits per heavy atom. The first-order chi connectivity index (χ1) is 16.1. The van der Waals surface area contributed by atoms with Crippen LogP contribution in [0.15, 0.2) is 64.5 Å². The zero-order valence-corrected chi connectivity index (χ0v) is 19.7. The molecule has 0 unspecified atom stereocenters. The van der Waals surface area contributed by atoms with Gasteiger partial charge in [0.25, 0.3) is 5.56 Å². The standard InChI is InChI=1S/C26H27N5OS/c1-30(2)20-14-12-18(13-15-20)16-27-29-26-28-24-23(21-10-6-7-11-22(21)33-24)25(32)31(26)17-19-8-4-3-5-9-19/h3-5,8-9,12-16H,6-7,10-11,17H2,1-2H3,(H,28,29)/b27-16-. The summed E-state index contributed by atoms with van der Waals surface area (Å²) >= 11 is 1.66. The summed E-state index contributed by atoms with van der Waals surface area (Å²) < 4.78 is 1.71. The van der Waals surface area contributed by atoms with E-state index in [1.165, 1.54) is 16.9 Å². The monoisotopic (exact) mass is 457 g/mol. The number of thiophene rings is 1. The van der Waals surface area contributed by atoms with Gasteiger partial charge in [-0.1, -0.05) is 42.5 Å². The summed E-state index contributed by atoms with van der Waals surface area (Å²) in [7, 11) is 4.03. The Morgan fingerprint density at radius 1 is 1.09 bits per heavy atom. The highest BCUT2D eigenvalue weighted by Crippen LogP contribution is 2.34. The van der Waals surface area contributed by atoms with Crippen LogP contribution in [0.2, 0.25) is 0 Å². The van der Waals surface area contributed by atoms with Crippen molar-refractivity contribution in [3.63, 3.8) is 0 Å². The lowest BCUT2D eigenvalue weighted by Gasteiger charge is -2.13. The third kappa shape index (κ3) is 4.41. The normalized spacial score (nSPS) is 13.4. The van der Waals surface area contributed by atoms with Crippen LogP contribution in [-0.2, 0) is 19.4 Å². The summed E-state index contributed by atoms with van der Waals surface area (Å²) in [6.45, 7) is 0.447. The van der Waals surface area contributed by atoms with Gasteiger partial charge in [-0.15, -0.1) is 11.3 Å². The number of benzene rings is 2. The Hall–Kier alpha value is -3.45. The first-order valence-corrected chi connectivity index (χ1v) is 12.1. The van der Waals surface area contributed by atoms with E-state index < -0.39 is 0 Å². The molecule has 168 valence electrons. The highest BCUT2D eigenvalue weighted by atomic mass is 32.1. The Morgan fingerprint density at radius 3 is 2.61 bits per heavy atom. The molecule has 4 aromatic rings. The van der Waals surface area contributed by atoms with Crippen molar-refractivity contribution in [1.29, 1.82) is 0 Å². The maximum absolute atomic E-state index is 13.7. The van der Waals surface area contributed by atoms with Crippen molar-refractivity contribution >= 4 is 39.4 Å². The van der Waals surface area contributed by atoms with Crippen molar-refractivity contribution in [2.75, 3.05) is 24.4 Å². The molecule has 0 spiro atoms. The molecule has 0 saturated carbocycles. The van der Waals surface area contributed by atoms with Crippen LogP contribution >= 0.6 is 11.3 Å². The molecule has 1 aliphatic carbocycles. The molecule has 0 fully saturated rings. The quantitative estimate of drug-likeness (QED) is 0.331. The van der Waals surface area contributed by atoms with Gasteiger partial charge in [0.15, 0.2) is 0 Å². The minimum Gasteiger partial charge on any atom is -0.378 e. The van der Waals surface area contributed by atoms with E-state index in [9.17, 15) is 4.79 Å². The third-order valence-corrected chi connectivity index (χ3v) is 7.23. The van der Waals surface area contributed by atoms with Gasteiger partial charge in [0.2, 0.25) is 5.95 Å². The molecule has 2 aromatic carbocycles. The van der Waals surface area contributed by atoms with Crippen LogP contribution < -0.4 is 15.9 Å². The summed E-state index contributed by atoms with van der Waals surface area (Å²) in [6, 6.07) is 18.1. The van der Waals surface area contributed by atoms with Crippen molar-refractivity contribution in [3.8, 4) is 0 Å². The molecule has 7 heteroatoms. The Bertz CT molecular complexity index is 1350. The van der Waals surface area contributed by atoms with Gasteiger partial charge in [-0.05, 0) is 54.5 Å². The smallest absolute Gasteiger partial charge is 0.264 e. The molecule has 0 bridgehead atoms. The number of nitrogens with one attached hydrogen (secondary N) is 1. The largest absolute Gasteiger partial charge is 0.378 e. The Kier molecular flexibility index (Phi) is 5.96. The van der Waals surface area contributed by atoms with Crippen LogP contribution in [0.1, 0.15) is 34.4 Å². The summed E-state index contributed by atoms with van der Waals surface area (Å²) in [4.78, 5) is 22.7. The van der Waals surface area contributed by atoms with E-state index in [4.69, 9.17) is 4.98 Å². The molecule has 0 atom stereocenters. The fraction of sp³-hybridized carbons (Fsp3) is 0.269. The molecule has 0 radical (unpaired) electrons. The van der Waals surface area contributed by atoms with Crippen LogP contribution in [0.3, 0.4) is 0 Å². The predicted molar refractivity (Wildman–Crippen MR) is 138 cm³/mol. The Labute approximate surface area is 197 Å². The molecule has 6 nitrogen and oxygen atoms in total. The zero-order chi connectivity index (χ0) is 22.8. The lowest BCUT2D eigenvalue weighted by atomic mass is 9.97. The van der Waals surface area contributed by atoms with Crippen LogP contribution in [0.4, 0.5) is 11.6 Å². The number of rotatable bonds is 6. The number of nitrogens with zero attached hydrogens (tertiary/aromatic N) is 4. The molecule has 0 aliphatic heterocycles. The number of hydrogen-bond donors (Lipinski definition) is 1.